The number of aromatic nitrogens is 1. The Morgan fingerprint density at radius 3 is 2.69 bits per heavy atom. The fraction of sp³-hybridized carbons (Fsp3) is 0.350. The highest BCUT2D eigenvalue weighted by Crippen LogP contribution is 2.45. The van der Waals surface area contributed by atoms with Crippen LogP contribution in [0.2, 0.25) is 0 Å². The van der Waals surface area contributed by atoms with E-state index in [1.54, 1.807) is 13.8 Å². The van der Waals surface area contributed by atoms with Crippen LogP contribution in [0, 0.1) is 11.6 Å². The molecule has 0 unspecified atom stereocenters. The van der Waals surface area contributed by atoms with Gasteiger partial charge >= 0.3 is 0 Å². The molecule has 29 heavy (non-hydrogen) atoms. The molecule has 0 bridgehead atoms. The second-order valence-electron chi connectivity index (χ2n) is 7.38. The SMILES string of the molecule is COc1c([C@@H]2CC(C)(C)O[C@H]2C(=O)Nc2ccnc(C(N)=O)c2)ccc(F)c1F. The first-order chi connectivity index (χ1) is 13.6. The number of halogens is 2. The van der Waals surface area contributed by atoms with Gasteiger partial charge in [0.25, 0.3) is 11.8 Å². The summed E-state index contributed by atoms with van der Waals surface area (Å²) in [5.74, 6) is -4.23. The van der Waals surface area contributed by atoms with E-state index in [9.17, 15) is 18.4 Å². The molecule has 154 valence electrons. The Labute approximate surface area is 166 Å². The number of nitrogens with two attached hydrogens (primary N) is 1. The lowest BCUT2D eigenvalue weighted by Gasteiger charge is -2.21. The Morgan fingerprint density at radius 2 is 2.03 bits per heavy atom. The summed E-state index contributed by atoms with van der Waals surface area (Å²) in [5, 5.41) is 2.66. The van der Waals surface area contributed by atoms with E-state index in [-0.39, 0.29) is 11.4 Å². The van der Waals surface area contributed by atoms with Gasteiger partial charge in [0, 0.05) is 23.4 Å². The van der Waals surface area contributed by atoms with Crippen molar-refractivity contribution in [2.75, 3.05) is 12.4 Å². The number of pyridine rings is 1. The van der Waals surface area contributed by atoms with Crippen molar-refractivity contribution in [1.29, 1.82) is 0 Å². The molecule has 2 aromatic rings. The topological polar surface area (TPSA) is 104 Å². The van der Waals surface area contributed by atoms with Gasteiger partial charge in [-0.3, -0.25) is 14.6 Å². The van der Waals surface area contributed by atoms with Gasteiger partial charge in [0.1, 0.15) is 11.8 Å². The average Bonchev–Trinajstić information content (AvgIpc) is 2.99. The molecule has 2 atom stereocenters. The predicted molar refractivity (Wildman–Crippen MR) is 101 cm³/mol. The molecule has 1 aromatic heterocycles. The fourth-order valence-electron chi connectivity index (χ4n) is 3.52. The molecule has 2 heterocycles. The molecule has 0 spiro atoms. The molecule has 1 saturated heterocycles. The molecule has 7 nitrogen and oxygen atoms in total. The number of amides is 2. The summed E-state index contributed by atoms with van der Waals surface area (Å²) in [6.07, 6.45) is 0.731. The summed E-state index contributed by atoms with van der Waals surface area (Å²) in [6.45, 7) is 3.61. The Balaban J connectivity index is 1.93. The number of nitrogens with one attached hydrogen (secondary N) is 1. The molecule has 1 aromatic carbocycles. The van der Waals surface area contributed by atoms with Crippen LogP contribution in [-0.2, 0) is 9.53 Å². The molecule has 0 aliphatic carbocycles. The van der Waals surface area contributed by atoms with E-state index in [2.05, 4.69) is 10.3 Å². The second-order valence-corrected chi connectivity index (χ2v) is 7.38. The third kappa shape index (κ3) is 4.19. The molecule has 3 rings (SSSR count). The molecule has 1 aliphatic rings. The van der Waals surface area contributed by atoms with Crippen molar-refractivity contribution in [2.45, 2.75) is 37.9 Å². The van der Waals surface area contributed by atoms with E-state index in [0.29, 0.717) is 17.7 Å². The van der Waals surface area contributed by atoms with Crippen molar-refractivity contribution in [3.05, 3.63) is 53.4 Å². The Morgan fingerprint density at radius 1 is 1.31 bits per heavy atom. The van der Waals surface area contributed by atoms with Gasteiger partial charge in [0.05, 0.1) is 12.7 Å². The number of rotatable bonds is 5. The second kappa shape index (κ2) is 7.75. The van der Waals surface area contributed by atoms with E-state index in [1.807, 2.05) is 0 Å². The van der Waals surface area contributed by atoms with Crippen LogP contribution >= 0.6 is 0 Å². The van der Waals surface area contributed by atoms with E-state index in [0.717, 1.165) is 6.07 Å². The number of hydrogen-bond donors (Lipinski definition) is 2. The van der Waals surface area contributed by atoms with Gasteiger partial charge in [-0.15, -0.1) is 0 Å². The van der Waals surface area contributed by atoms with Gasteiger partial charge in [0.15, 0.2) is 11.6 Å². The van der Waals surface area contributed by atoms with Crippen molar-refractivity contribution < 1.29 is 27.8 Å². The normalized spacial score (nSPS) is 20.3. The highest BCUT2D eigenvalue weighted by molar-refractivity contribution is 5.97. The summed E-state index contributed by atoms with van der Waals surface area (Å²) in [6, 6.07) is 5.23. The van der Waals surface area contributed by atoms with Gasteiger partial charge in [-0.25, -0.2) is 4.39 Å². The third-order valence-corrected chi connectivity index (χ3v) is 4.75. The Bertz CT molecular complexity index is 965. The molecular weight excluding hydrogens is 384 g/mol. The first-order valence-electron chi connectivity index (χ1n) is 8.89. The summed E-state index contributed by atoms with van der Waals surface area (Å²) < 4.78 is 38.8. The zero-order valence-corrected chi connectivity index (χ0v) is 16.2. The minimum atomic E-state index is -1.12. The average molecular weight is 405 g/mol. The zero-order chi connectivity index (χ0) is 21.3. The quantitative estimate of drug-likeness (QED) is 0.796. The van der Waals surface area contributed by atoms with Gasteiger partial charge in [-0.2, -0.15) is 4.39 Å². The number of nitrogens with zero attached hydrogens (tertiary/aromatic N) is 1. The number of ether oxygens (including phenoxy) is 2. The lowest BCUT2D eigenvalue weighted by atomic mass is 9.86. The monoisotopic (exact) mass is 405 g/mol. The first kappa shape index (κ1) is 20.7. The molecular formula is C20H21F2N3O4. The highest BCUT2D eigenvalue weighted by atomic mass is 19.2. The van der Waals surface area contributed by atoms with Crippen LogP contribution in [0.15, 0.2) is 30.5 Å². The molecule has 3 N–H and O–H groups in total. The third-order valence-electron chi connectivity index (χ3n) is 4.75. The molecule has 0 saturated carbocycles. The van der Waals surface area contributed by atoms with Crippen LogP contribution in [0.4, 0.5) is 14.5 Å². The van der Waals surface area contributed by atoms with E-state index in [4.69, 9.17) is 15.2 Å². The molecule has 0 radical (unpaired) electrons. The van der Waals surface area contributed by atoms with Gasteiger partial charge < -0.3 is 20.5 Å². The van der Waals surface area contributed by atoms with Crippen molar-refractivity contribution in [1.82, 2.24) is 4.98 Å². The maximum Gasteiger partial charge on any atom is 0.267 e. The number of primary amides is 1. The fourth-order valence-corrected chi connectivity index (χ4v) is 3.52. The van der Waals surface area contributed by atoms with Crippen LogP contribution in [0.5, 0.6) is 5.75 Å². The molecule has 1 fully saturated rings. The number of benzene rings is 1. The standard InChI is InChI=1S/C20H21F2N3O4/c1-20(2)9-12(11-4-5-13(21)15(22)16(11)28-3)17(29-20)19(27)25-10-6-7-24-14(8-10)18(23)26/h4-8,12,17H,9H2,1-3H3,(H2,23,26)(H,24,25,27)/t12-,17+/m0/s1. The lowest BCUT2D eigenvalue weighted by molar-refractivity contribution is -0.130. The first-order valence-corrected chi connectivity index (χ1v) is 8.89. The van der Waals surface area contributed by atoms with E-state index in [1.165, 1.54) is 31.5 Å². The van der Waals surface area contributed by atoms with Gasteiger partial charge in [0.2, 0.25) is 5.82 Å². The maximum atomic E-state index is 14.2. The van der Waals surface area contributed by atoms with Crippen molar-refractivity contribution in [2.24, 2.45) is 5.73 Å². The molecule has 1 aliphatic heterocycles. The molecule has 9 heteroatoms. The maximum absolute atomic E-state index is 14.2. The van der Waals surface area contributed by atoms with Crippen LogP contribution < -0.4 is 15.8 Å². The Kier molecular flexibility index (Phi) is 5.52. The van der Waals surface area contributed by atoms with Crippen LogP contribution in [-0.4, -0.2) is 35.6 Å². The zero-order valence-electron chi connectivity index (χ0n) is 16.2. The van der Waals surface area contributed by atoms with Gasteiger partial charge in [-0.1, -0.05) is 6.07 Å². The number of methoxy groups -OCH3 is 1. The summed E-state index contributed by atoms with van der Waals surface area (Å²) in [4.78, 5) is 28.0. The number of anilines is 1. The van der Waals surface area contributed by atoms with Crippen LogP contribution in [0.3, 0.4) is 0 Å². The smallest absolute Gasteiger partial charge is 0.267 e. The summed E-state index contributed by atoms with van der Waals surface area (Å²) in [5.41, 5.74) is 5.17. The van der Waals surface area contributed by atoms with Crippen LogP contribution in [0.1, 0.15) is 42.2 Å². The number of hydrogen-bond acceptors (Lipinski definition) is 5. The van der Waals surface area contributed by atoms with Crippen LogP contribution in [0.25, 0.3) is 0 Å². The lowest BCUT2D eigenvalue weighted by Crippen LogP contribution is -2.33. The van der Waals surface area contributed by atoms with Crippen molar-refractivity contribution in [3.63, 3.8) is 0 Å². The Hall–Kier alpha value is -3.07. The molecule has 2 amide bonds. The summed E-state index contributed by atoms with van der Waals surface area (Å²) in [7, 11) is 1.24. The van der Waals surface area contributed by atoms with Gasteiger partial charge in [-0.05, 0) is 38.5 Å². The van der Waals surface area contributed by atoms with E-state index >= 15 is 0 Å². The van der Waals surface area contributed by atoms with Crippen molar-refractivity contribution in [3.8, 4) is 5.75 Å². The number of carbonyl (C=O) groups excluding carboxylic acids is 2. The largest absolute Gasteiger partial charge is 0.493 e. The highest BCUT2D eigenvalue weighted by Gasteiger charge is 2.46. The minimum absolute atomic E-state index is 0.00528. The van der Waals surface area contributed by atoms with E-state index < -0.39 is 41.1 Å². The summed E-state index contributed by atoms with van der Waals surface area (Å²) >= 11 is 0. The number of carbonyl (C=O) groups is 2. The predicted octanol–water partition coefficient (Wildman–Crippen LogP) is 2.76. The van der Waals surface area contributed by atoms with Crippen molar-refractivity contribution >= 4 is 17.5 Å². The minimum Gasteiger partial charge on any atom is -0.493 e.